The Bertz CT molecular complexity index is 548. The SMILES string of the molecule is N#Cc1ccncc1Sc1ncccc1N. The van der Waals surface area contributed by atoms with Crippen LogP contribution in [0.3, 0.4) is 0 Å². The van der Waals surface area contributed by atoms with E-state index in [-0.39, 0.29) is 0 Å². The van der Waals surface area contributed by atoms with Crippen LogP contribution in [-0.2, 0) is 0 Å². The van der Waals surface area contributed by atoms with Gasteiger partial charge in [-0.25, -0.2) is 4.98 Å². The molecule has 2 heterocycles. The van der Waals surface area contributed by atoms with Crippen LogP contribution in [0.15, 0.2) is 46.7 Å². The number of anilines is 1. The molecule has 0 saturated heterocycles. The van der Waals surface area contributed by atoms with Gasteiger partial charge in [-0.15, -0.1) is 0 Å². The predicted molar refractivity (Wildman–Crippen MR) is 61.7 cm³/mol. The molecule has 0 radical (unpaired) electrons. The van der Waals surface area contributed by atoms with E-state index in [1.54, 1.807) is 36.8 Å². The van der Waals surface area contributed by atoms with Crippen molar-refractivity contribution in [1.82, 2.24) is 9.97 Å². The van der Waals surface area contributed by atoms with E-state index in [0.29, 0.717) is 16.3 Å². The second-order valence-electron chi connectivity index (χ2n) is 2.98. The van der Waals surface area contributed by atoms with Gasteiger partial charge in [0.15, 0.2) is 0 Å². The van der Waals surface area contributed by atoms with E-state index in [1.165, 1.54) is 11.8 Å². The summed E-state index contributed by atoms with van der Waals surface area (Å²) in [4.78, 5) is 8.89. The van der Waals surface area contributed by atoms with E-state index < -0.39 is 0 Å². The maximum absolute atomic E-state index is 8.92. The Labute approximate surface area is 97.1 Å². The second-order valence-corrected chi connectivity index (χ2v) is 4.01. The molecule has 2 N–H and O–H groups in total. The fraction of sp³-hybridized carbons (Fsp3) is 0. The van der Waals surface area contributed by atoms with Crippen LogP contribution < -0.4 is 5.73 Å². The van der Waals surface area contributed by atoms with Crippen molar-refractivity contribution in [2.24, 2.45) is 0 Å². The summed E-state index contributed by atoms with van der Waals surface area (Å²) >= 11 is 1.34. The van der Waals surface area contributed by atoms with Crippen molar-refractivity contribution in [1.29, 1.82) is 5.26 Å². The van der Waals surface area contributed by atoms with Gasteiger partial charge in [-0.3, -0.25) is 4.98 Å². The molecule has 0 bridgehead atoms. The third kappa shape index (κ3) is 2.12. The lowest BCUT2D eigenvalue weighted by Crippen LogP contribution is -1.91. The molecule has 0 atom stereocenters. The maximum atomic E-state index is 8.92. The Kier molecular flexibility index (Phi) is 3.03. The van der Waals surface area contributed by atoms with Gasteiger partial charge in [-0.2, -0.15) is 5.26 Å². The summed E-state index contributed by atoms with van der Waals surface area (Å²) in [5.74, 6) is 0. The van der Waals surface area contributed by atoms with Gasteiger partial charge in [-0.05, 0) is 18.2 Å². The van der Waals surface area contributed by atoms with Crippen molar-refractivity contribution in [3.63, 3.8) is 0 Å². The lowest BCUT2D eigenvalue weighted by molar-refractivity contribution is 1.13. The molecule has 4 nitrogen and oxygen atoms in total. The molecule has 0 saturated carbocycles. The standard InChI is InChI=1S/C11H8N4S/c12-6-8-3-5-14-7-10(8)16-11-9(13)2-1-4-15-11/h1-5,7H,13H2. The Morgan fingerprint density at radius 2 is 2.19 bits per heavy atom. The molecular formula is C11H8N4S. The fourth-order valence-corrected chi connectivity index (χ4v) is 1.99. The van der Waals surface area contributed by atoms with Crippen molar-refractivity contribution in [3.8, 4) is 6.07 Å². The summed E-state index contributed by atoms with van der Waals surface area (Å²) in [6.45, 7) is 0. The Morgan fingerprint density at radius 3 is 2.94 bits per heavy atom. The lowest BCUT2D eigenvalue weighted by Gasteiger charge is -2.04. The Morgan fingerprint density at radius 1 is 1.31 bits per heavy atom. The molecule has 0 amide bonds. The first kappa shape index (κ1) is 10.5. The summed E-state index contributed by atoms with van der Waals surface area (Å²) < 4.78 is 0. The third-order valence-electron chi connectivity index (χ3n) is 1.91. The largest absolute Gasteiger partial charge is 0.397 e. The summed E-state index contributed by atoms with van der Waals surface area (Å²) in [6, 6.07) is 7.32. The molecule has 0 aliphatic rings. The number of rotatable bonds is 2. The van der Waals surface area contributed by atoms with Crippen LogP contribution in [0.1, 0.15) is 5.56 Å². The molecule has 0 aliphatic carbocycles. The Hall–Kier alpha value is -2.06. The van der Waals surface area contributed by atoms with Crippen LogP contribution >= 0.6 is 11.8 Å². The van der Waals surface area contributed by atoms with Gasteiger partial charge in [0, 0.05) is 23.5 Å². The number of hydrogen-bond donors (Lipinski definition) is 1. The van der Waals surface area contributed by atoms with Crippen LogP contribution in [0.5, 0.6) is 0 Å². The quantitative estimate of drug-likeness (QED) is 0.851. The summed E-state index contributed by atoms with van der Waals surface area (Å²) in [6.07, 6.45) is 4.89. The molecule has 2 rings (SSSR count). The van der Waals surface area contributed by atoms with Gasteiger partial charge < -0.3 is 5.73 Å². The second kappa shape index (κ2) is 4.64. The molecule has 0 aromatic carbocycles. The minimum atomic E-state index is 0.574. The fourth-order valence-electron chi connectivity index (χ4n) is 1.15. The first-order valence-corrected chi connectivity index (χ1v) is 5.35. The van der Waals surface area contributed by atoms with Crippen LogP contribution in [-0.4, -0.2) is 9.97 Å². The average molecular weight is 228 g/mol. The van der Waals surface area contributed by atoms with E-state index in [4.69, 9.17) is 11.0 Å². The van der Waals surface area contributed by atoms with Gasteiger partial charge in [0.2, 0.25) is 0 Å². The first-order valence-electron chi connectivity index (χ1n) is 4.53. The van der Waals surface area contributed by atoms with Crippen molar-refractivity contribution < 1.29 is 0 Å². The third-order valence-corrected chi connectivity index (χ3v) is 2.99. The minimum absolute atomic E-state index is 0.574. The van der Waals surface area contributed by atoms with Crippen LogP contribution in [0.4, 0.5) is 5.69 Å². The lowest BCUT2D eigenvalue weighted by atomic mass is 10.3. The number of nitriles is 1. The van der Waals surface area contributed by atoms with Gasteiger partial charge >= 0.3 is 0 Å². The van der Waals surface area contributed by atoms with Gasteiger partial charge in [0.1, 0.15) is 11.1 Å². The molecule has 78 valence electrons. The molecule has 0 aliphatic heterocycles. The topological polar surface area (TPSA) is 75.6 Å². The number of aromatic nitrogens is 2. The molecular weight excluding hydrogens is 220 g/mol. The minimum Gasteiger partial charge on any atom is -0.397 e. The van der Waals surface area contributed by atoms with E-state index in [0.717, 1.165) is 4.90 Å². The highest BCUT2D eigenvalue weighted by Crippen LogP contribution is 2.31. The summed E-state index contributed by atoms with van der Waals surface area (Å²) in [5.41, 5.74) is 6.94. The zero-order valence-electron chi connectivity index (χ0n) is 8.29. The van der Waals surface area contributed by atoms with E-state index in [2.05, 4.69) is 16.0 Å². The monoisotopic (exact) mass is 228 g/mol. The number of nitrogens with zero attached hydrogens (tertiary/aromatic N) is 3. The number of hydrogen-bond acceptors (Lipinski definition) is 5. The highest BCUT2D eigenvalue weighted by molar-refractivity contribution is 7.99. The molecule has 5 heteroatoms. The molecule has 0 spiro atoms. The van der Waals surface area contributed by atoms with Crippen molar-refractivity contribution in [3.05, 3.63) is 42.4 Å². The first-order chi connectivity index (χ1) is 7.81. The highest BCUT2D eigenvalue weighted by atomic mass is 32.2. The number of nitrogen functional groups attached to an aromatic ring is 1. The maximum Gasteiger partial charge on any atom is 0.124 e. The predicted octanol–water partition coefficient (Wildman–Crippen LogP) is 2.08. The number of pyridine rings is 2. The van der Waals surface area contributed by atoms with Gasteiger partial charge in [0.05, 0.1) is 11.3 Å². The van der Waals surface area contributed by atoms with Crippen LogP contribution in [0.25, 0.3) is 0 Å². The van der Waals surface area contributed by atoms with Gasteiger partial charge in [0.25, 0.3) is 0 Å². The zero-order chi connectivity index (χ0) is 11.4. The van der Waals surface area contributed by atoms with E-state index >= 15 is 0 Å². The van der Waals surface area contributed by atoms with Gasteiger partial charge in [-0.1, -0.05) is 11.8 Å². The highest BCUT2D eigenvalue weighted by Gasteiger charge is 2.06. The molecule has 16 heavy (non-hydrogen) atoms. The normalized spacial score (nSPS) is 9.69. The van der Waals surface area contributed by atoms with Crippen molar-refractivity contribution in [2.45, 2.75) is 9.92 Å². The zero-order valence-corrected chi connectivity index (χ0v) is 9.11. The molecule has 0 unspecified atom stereocenters. The van der Waals surface area contributed by atoms with Crippen molar-refractivity contribution >= 4 is 17.4 Å². The van der Waals surface area contributed by atoms with E-state index in [1.807, 2.05) is 0 Å². The average Bonchev–Trinajstić information content (AvgIpc) is 2.33. The van der Waals surface area contributed by atoms with Crippen LogP contribution in [0, 0.1) is 11.3 Å². The summed E-state index contributed by atoms with van der Waals surface area (Å²) in [5, 5.41) is 9.61. The van der Waals surface area contributed by atoms with Crippen LogP contribution in [0.2, 0.25) is 0 Å². The number of nitrogens with two attached hydrogens (primary N) is 1. The smallest absolute Gasteiger partial charge is 0.124 e. The van der Waals surface area contributed by atoms with Crippen molar-refractivity contribution in [2.75, 3.05) is 5.73 Å². The Balaban J connectivity index is 2.35. The molecule has 2 aromatic rings. The summed E-state index contributed by atoms with van der Waals surface area (Å²) in [7, 11) is 0. The molecule has 0 fully saturated rings. The van der Waals surface area contributed by atoms with E-state index in [9.17, 15) is 0 Å². The molecule has 2 aromatic heterocycles.